The van der Waals surface area contributed by atoms with Gasteiger partial charge >= 0.3 is 0 Å². The van der Waals surface area contributed by atoms with Crippen LogP contribution in [0.1, 0.15) is 30.4 Å². The first kappa shape index (κ1) is 14.2. The quantitative estimate of drug-likeness (QED) is 0.847. The fourth-order valence-corrected chi connectivity index (χ4v) is 3.77. The Morgan fingerprint density at radius 1 is 1.33 bits per heavy atom. The number of sulfonamides is 1. The minimum Gasteiger partial charge on any atom is -0.290 e. The van der Waals surface area contributed by atoms with Gasteiger partial charge in [0, 0.05) is 30.7 Å². The van der Waals surface area contributed by atoms with Crippen LogP contribution in [-0.2, 0) is 10.0 Å². The third kappa shape index (κ3) is 2.81. The van der Waals surface area contributed by atoms with Crippen LogP contribution in [0.15, 0.2) is 24.8 Å². The molecule has 0 radical (unpaired) electrons. The summed E-state index contributed by atoms with van der Waals surface area (Å²) in [5.74, 6) is 1.26. The van der Waals surface area contributed by atoms with E-state index in [2.05, 4.69) is 15.0 Å². The van der Waals surface area contributed by atoms with Gasteiger partial charge in [0.25, 0.3) is 0 Å². The van der Waals surface area contributed by atoms with Crippen LogP contribution in [0.3, 0.4) is 0 Å². The van der Waals surface area contributed by atoms with E-state index < -0.39 is 10.0 Å². The van der Waals surface area contributed by atoms with Gasteiger partial charge in [-0.3, -0.25) is 4.57 Å². The number of imidazole rings is 1. The Morgan fingerprint density at radius 2 is 2.14 bits per heavy atom. The number of aryl methyl sites for hydroxylation is 1. The van der Waals surface area contributed by atoms with E-state index in [1.807, 2.05) is 13.0 Å². The van der Waals surface area contributed by atoms with Gasteiger partial charge in [0.2, 0.25) is 10.0 Å². The van der Waals surface area contributed by atoms with Crippen molar-refractivity contribution in [2.75, 3.05) is 12.8 Å². The highest BCUT2D eigenvalue weighted by atomic mass is 32.2. The number of aromatic nitrogens is 4. The zero-order chi connectivity index (χ0) is 15.0. The molecule has 0 saturated carbocycles. The van der Waals surface area contributed by atoms with Crippen molar-refractivity contribution < 1.29 is 8.42 Å². The molecule has 21 heavy (non-hydrogen) atoms. The molecule has 0 aromatic carbocycles. The van der Waals surface area contributed by atoms with Gasteiger partial charge in [-0.25, -0.2) is 23.4 Å². The predicted octanol–water partition coefficient (Wildman–Crippen LogP) is 1.07. The van der Waals surface area contributed by atoms with Crippen molar-refractivity contribution in [2.45, 2.75) is 25.8 Å². The van der Waals surface area contributed by atoms with Gasteiger partial charge in [0.15, 0.2) is 0 Å². The monoisotopic (exact) mass is 307 g/mol. The predicted molar refractivity (Wildman–Crippen MR) is 77.4 cm³/mol. The molecule has 3 heterocycles. The van der Waals surface area contributed by atoms with Crippen LogP contribution >= 0.6 is 0 Å². The summed E-state index contributed by atoms with van der Waals surface area (Å²) in [4.78, 5) is 13.0. The van der Waals surface area contributed by atoms with Gasteiger partial charge in [-0.05, 0) is 19.8 Å². The minimum atomic E-state index is -3.25. The van der Waals surface area contributed by atoms with Crippen molar-refractivity contribution in [2.24, 2.45) is 0 Å². The van der Waals surface area contributed by atoms with Crippen molar-refractivity contribution in [3.8, 4) is 5.82 Å². The first-order chi connectivity index (χ1) is 9.95. The molecule has 0 bridgehead atoms. The van der Waals surface area contributed by atoms with E-state index in [-0.39, 0.29) is 6.04 Å². The summed E-state index contributed by atoms with van der Waals surface area (Å²) in [7, 11) is -3.25. The Bertz CT molecular complexity index is 742. The number of hydrogen-bond acceptors (Lipinski definition) is 5. The summed E-state index contributed by atoms with van der Waals surface area (Å²) in [5, 5.41) is 0. The molecule has 8 heteroatoms. The van der Waals surface area contributed by atoms with Gasteiger partial charge in [0.05, 0.1) is 12.3 Å². The topological polar surface area (TPSA) is 81.0 Å². The maximum atomic E-state index is 11.9. The molecule has 7 nitrogen and oxygen atoms in total. The standard InChI is InChI=1S/C13H17N5O2S/c1-10-8-12(17-7-5-14-9-17)16-13(15-10)11-4-3-6-18(11)21(2,19)20/h5,7-9,11H,3-4,6H2,1-2H3. The molecule has 2 aromatic heterocycles. The summed E-state index contributed by atoms with van der Waals surface area (Å²) in [6.45, 7) is 2.41. The molecule has 0 spiro atoms. The van der Waals surface area contributed by atoms with Gasteiger partial charge < -0.3 is 0 Å². The zero-order valence-corrected chi connectivity index (χ0v) is 12.8. The van der Waals surface area contributed by atoms with Gasteiger partial charge in [-0.1, -0.05) is 0 Å². The molecule has 1 aliphatic heterocycles. The third-order valence-corrected chi connectivity index (χ3v) is 4.84. The van der Waals surface area contributed by atoms with Crippen molar-refractivity contribution in [3.63, 3.8) is 0 Å². The van der Waals surface area contributed by atoms with Crippen molar-refractivity contribution in [1.82, 2.24) is 23.8 Å². The Hall–Kier alpha value is -1.80. The average Bonchev–Trinajstić information content (AvgIpc) is 3.09. The Balaban J connectivity index is 2.03. The van der Waals surface area contributed by atoms with Crippen LogP contribution in [0.2, 0.25) is 0 Å². The fraction of sp³-hybridized carbons (Fsp3) is 0.462. The number of rotatable bonds is 3. The lowest BCUT2D eigenvalue weighted by molar-refractivity contribution is 0.386. The molecule has 3 rings (SSSR count). The zero-order valence-electron chi connectivity index (χ0n) is 12.0. The first-order valence-electron chi connectivity index (χ1n) is 6.76. The molecule has 112 valence electrons. The van der Waals surface area contributed by atoms with Gasteiger partial charge in [0.1, 0.15) is 18.0 Å². The maximum Gasteiger partial charge on any atom is 0.211 e. The second-order valence-corrected chi connectivity index (χ2v) is 7.16. The summed E-state index contributed by atoms with van der Waals surface area (Å²) in [6.07, 6.45) is 7.95. The first-order valence-corrected chi connectivity index (χ1v) is 8.61. The van der Waals surface area contributed by atoms with Crippen molar-refractivity contribution >= 4 is 10.0 Å². The van der Waals surface area contributed by atoms with Crippen LogP contribution in [-0.4, -0.2) is 45.0 Å². The van der Waals surface area contributed by atoms with E-state index in [1.165, 1.54) is 10.6 Å². The van der Waals surface area contributed by atoms with Crippen LogP contribution in [0.25, 0.3) is 5.82 Å². The largest absolute Gasteiger partial charge is 0.290 e. The molecule has 0 N–H and O–H groups in total. The molecule has 1 saturated heterocycles. The second-order valence-electron chi connectivity index (χ2n) is 5.23. The highest BCUT2D eigenvalue weighted by Crippen LogP contribution is 2.32. The van der Waals surface area contributed by atoms with E-state index >= 15 is 0 Å². The highest BCUT2D eigenvalue weighted by molar-refractivity contribution is 7.88. The molecule has 1 aliphatic rings. The minimum absolute atomic E-state index is 0.276. The SMILES string of the molecule is Cc1cc(-n2ccnc2)nc(C2CCCN2S(C)(=O)=O)n1. The maximum absolute atomic E-state index is 11.9. The van der Waals surface area contributed by atoms with Gasteiger partial charge in [-0.2, -0.15) is 4.31 Å². The molecule has 1 unspecified atom stereocenters. The van der Waals surface area contributed by atoms with E-state index in [0.29, 0.717) is 18.2 Å². The van der Waals surface area contributed by atoms with E-state index in [0.717, 1.165) is 18.5 Å². The number of hydrogen-bond donors (Lipinski definition) is 0. The fourth-order valence-electron chi connectivity index (χ4n) is 2.65. The summed E-state index contributed by atoms with van der Waals surface area (Å²) >= 11 is 0. The van der Waals surface area contributed by atoms with E-state index in [9.17, 15) is 8.42 Å². The normalized spacial score (nSPS) is 20.0. The van der Waals surface area contributed by atoms with Crippen molar-refractivity contribution in [3.05, 3.63) is 36.3 Å². The second kappa shape index (κ2) is 5.19. The Labute approximate surface area is 123 Å². The molecular formula is C13H17N5O2S. The summed E-state index contributed by atoms with van der Waals surface area (Å²) in [6, 6.07) is 1.58. The third-order valence-electron chi connectivity index (χ3n) is 3.55. The van der Waals surface area contributed by atoms with E-state index in [1.54, 1.807) is 23.3 Å². The lowest BCUT2D eigenvalue weighted by atomic mass is 10.2. The highest BCUT2D eigenvalue weighted by Gasteiger charge is 2.34. The number of nitrogens with zero attached hydrogens (tertiary/aromatic N) is 5. The van der Waals surface area contributed by atoms with Crippen LogP contribution < -0.4 is 0 Å². The van der Waals surface area contributed by atoms with Crippen LogP contribution in [0, 0.1) is 6.92 Å². The Kier molecular flexibility index (Phi) is 3.50. The lowest BCUT2D eigenvalue weighted by Gasteiger charge is -2.21. The smallest absolute Gasteiger partial charge is 0.211 e. The van der Waals surface area contributed by atoms with Crippen LogP contribution in [0.5, 0.6) is 0 Å². The molecular weight excluding hydrogens is 290 g/mol. The molecule has 0 amide bonds. The lowest BCUT2D eigenvalue weighted by Crippen LogP contribution is -2.30. The average molecular weight is 307 g/mol. The molecule has 1 atom stereocenters. The molecule has 1 fully saturated rings. The molecule has 2 aromatic rings. The summed E-state index contributed by atoms with van der Waals surface area (Å²) in [5.41, 5.74) is 0.809. The van der Waals surface area contributed by atoms with Crippen molar-refractivity contribution in [1.29, 1.82) is 0 Å². The van der Waals surface area contributed by atoms with Gasteiger partial charge in [-0.15, -0.1) is 0 Å². The molecule has 0 aliphatic carbocycles. The Morgan fingerprint density at radius 3 is 2.81 bits per heavy atom. The van der Waals surface area contributed by atoms with Crippen LogP contribution in [0.4, 0.5) is 0 Å². The van der Waals surface area contributed by atoms with E-state index in [4.69, 9.17) is 0 Å². The summed E-state index contributed by atoms with van der Waals surface area (Å²) < 4.78 is 27.0.